The number of aryl methyl sites for hydroxylation is 2. The van der Waals surface area contributed by atoms with Crippen LogP contribution in [0.25, 0.3) is 61.3 Å². The lowest BCUT2D eigenvalue weighted by atomic mass is 9.95. The van der Waals surface area contributed by atoms with E-state index in [1.165, 1.54) is 22.3 Å². The highest BCUT2D eigenvalue weighted by Gasteiger charge is 2.17. The van der Waals surface area contributed by atoms with Crippen LogP contribution < -0.4 is 0 Å². The van der Waals surface area contributed by atoms with Crippen LogP contribution in [-0.4, -0.2) is 37.3 Å². The number of hydrogen-bond acceptors (Lipinski definition) is 4. The van der Waals surface area contributed by atoms with E-state index in [-0.39, 0.29) is 0 Å². The van der Waals surface area contributed by atoms with Gasteiger partial charge in [0.2, 0.25) is 0 Å². The summed E-state index contributed by atoms with van der Waals surface area (Å²) >= 11 is 0. The van der Waals surface area contributed by atoms with Crippen molar-refractivity contribution in [1.82, 2.24) is 24.1 Å². The fourth-order valence-electron chi connectivity index (χ4n) is 6.09. The lowest BCUT2D eigenvalue weighted by molar-refractivity contribution is 1.10. The molecule has 0 saturated heterocycles. The van der Waals surface area contributed by atoms with E-state index in [0.717, 1.165) is 55.3 Å². The Morgan fingerprint density at radius 1 is 0.659 bits per heavy atom. The molecule has 0 saturated carbocycles. The monoisotopic (exact) mass is 532 g/mol. The van der Waals surface area contributed by atoms with Gasteiger partial charge in [-0.2, -0.15) is 0 Å². The summed E-state index contributed by atoms with van der Waals surface area (Å²) in [7, 11) is 1.79. The van der Waals surface area contributed by atoms with Gasteiger partial charge in [-0.25, -0.2) is 0 Å². The Morgan fingerprint density at radius 2 is 1.15 bits per heavy atom. The van der Waals surface area contributed by atoms with Crippen molar-refractivity contribution in [3.63, 3.8) is 0 Å². The number of rotatable bonds is 5. The fraction of sp³-hybridized carbons (Fsp3) is 0.0857. The SMILES string of the molecule is C=Cc1c(C=NC)c2cnccc2n1-c1ccc(-c2ccc(-n3c4ccncc4c4cnccc43)cc2C)c(C)c1. The number of aromatic nitrogens is 5. The van der Waals surface area contributed by atoms with E-state index >= 15 is 0 Å². The minimum atomic E-state index is 1.00. The molecule has 6 nitrogen and oxygen atoms in total. The summed E-state index contributed by atoms with van der Waals surface area (Å²) in [5.41, 5.74) is 12.4. The molecule has 7 rings (SSSR count). The van der Waals surface area contributed by atoms with Crippen molar-refractivity contribution in [2.24, 2.45) is 4.99 Å². The summed E-state index contributed by atoms with van der Waals surface area (Å²) in [5.74, 6) is 0. The zero-order valence-corrected chi connectivity index (χ0v) is 23.2. The summed E-state index contributed by atoms with van der Waals surface area (Å²) in [6, 6.07) is 19.5. The number of fused-ring (bicyclic) bond motifs is 4. The van der Waals surface area contributed by atoms with Crippen molar-refractivity contribution in [2.75, 3.05) is 7.05 Å². The molecule has 0 atom stereocenters. The molecule has 0 fully saturated rings. The van der Waals surface area contributed by atoms with Gasteiger partial charge in [-0.3, -0.25) is 19.9 Å². The van der Waals surface area contributed by atoms with Crippen LogP contribution in [0.5, 0.6) is 0 Å². The first-order valence-electron chi connectivity index (χ1n) is 13.5. The van der Waals surface area contributed by atoms with Crippen LogP contribution in [0, 0.1) is 13.8 Å². The van der Waals surface area contributed by atoms with Crippen molar-refractivity contribution in [1.29, 1.82) is 0 Å². The molecule has 0 spiro atoms. The molecule has 5 heterocycles. The standard InChI is InChI=1S/C35H28N6/c1-5-32-28(18-36-4)29-19-37-13-10-33(29)40(32)24-6-8-26(22(2)16-24)27-9-7-25(17-23(27)3)41-34-11-14-38-20-30(34)31-21-39-15-12-35(31)41/h5-21H,1H2,2-4H3. The van der Waals surface area contributed by atoms with Crippen molar-refractivity contribution in [3.05, 3.63) is 121 Å². The number of nitrogens with zero attached hydrogens (tertiary/aromatic N) is 6. The van der Waals surface area contributed by atoms with Gasteiger partial charge in [0, 0.05) is 83.5 Å². The molecule has 0 radical (unpaired) electrons. The fourth-order valence-corrected chi connectivity index (χ4v) is 6.09. The largest absolute Gasteiger partial charge is 0.309 e. The molecule has 0 unspecified atom stereocenters. The minimum Gasteiger partial charge on any atom is -0.309 e. The maximum atomic E-state index is 4.36. The van der Waals surface area contributed by atoms with E-state index in [1.54, 1.807) is 7.05 Å². The van der Waals surface area contributed by atoms with Crippen LogP contribution in [0.15, 0.2) is 103 Å². The first-order valence-corrected chi connectivity index (χ1v) is 13.5. The second-order valence-electron chi connectivity index (χ2n) is 10.2. The summed E-state index contributed by atoms with van der Waals surface area (Å²) in [6.07, 6.45) is 15.0. The highest BCUT2D eigenvalue weighted by atomic mass is 15.0. The molecule has 0 aliphatic heterocycles. The topological polar surface area (TPSA) is 60.9 Å². The van der Waals surface area contributed by atoms with E-state index in [1.807, 2.05) is 55.5 Å². The van der Waals surface area contributed by atoms with E-state index in [0.29, 0.717) is 0 Å². The second kappa shape index (κ2) is 9.68. The van der Waals surface area contributed by atoms with Gasteiger partial charge in [0.25, 0.3) is 0 Å². The Morgan fingerprint density at radius 3 is 1.63 bits per heavy atom. The lowest BCUT2D eigenvalue weighted by Crippen LogP contribution is -2.00. The zero-order chi connectivity index (χ0) is 28.1. The van der Waals surface area contributed by atoms with Gasteiger partial charge in [0.1, 0.15) is 0 Å². The smallest absolute Gasteiger partial charge is 0.0572 e. The molecular weight excluding hydrogens is 504 g/mol. The molecule has 0 aliphatic carbocycles. The van der Waals surface area contributed by atoms with Gasteiger partial charge in [-0.15, -0.1) is 0 Å². The maximum absolute atomic E-state index is 4.36. The molecule has 7 aromatic rings. The third kappa shape index (κ3) is 3.79. The summed E-state index contributed by atoms with van der Waals surface area (Å²) in [4.78, 5) is 17.4. The number of benzene rings is 2. The molecule has 41 heavy (non-hydrogen) atoms. The minimum absolute atomic E-state index is 1.00. The molecule has 0 aliphatic rings. The number of hydrogen-bond donors (Lipinski definition) is 0. The Hall–Kier alpha value is -5.36. The van der Waals surface area contributed by atoms with Gasteiger partial charge in [-0.05, 0) is 84.6 Å². The van der Waals surface area contributed by atoms with Crippen LogP contribution in [0.1, 0.15) is 22.4 Å². The van der Waals surface area contributed by atoms with Crippen LogP contribution in [0.2, 0.25) is 0 Å². The molecule has 5 aromatic heterocycles. The molecular formula is C35H28N6. The van der Waals surface area contributed by atoms with Gasteiger partial charge in [-0.1, -0.05) is 18.7 Å². The predicted molar refractivity (Wildman–Crippen MR) is 170 cm³/mol. The van der Waals surface area contributed by atoms with Crippen LogP contribution >= 0.6 is 0 Å². The number of aliphatic imine (C=N–C) groups is 1. The Labute approximate surface area is 238 Å². The third-order valence-electron chi connectivity index (χ3n) is 7.89. The number of pyridine rings is 3. The van der Waals surface area contributed by atoms with Crippen molar-refractivity contribution < 1.29 is 0 Å². The predicted octanol–water partition coefficient (Wildman–Crippen LogP) is 7.89. The molecule has 198 valence electrons. The Kier molecular flexibility index (Phi) is 5.82. The average molecular weight is 533 g/mol. The van der Waals surface area contributed by atoms with Gasteiger partial charge in [0.15, 0.2) is 0 Å². The second-order valence-corrected chi connectivity index (χ2v) is 10.2. The summed E-state index contributed by atoms with van der Waals surface area (Å²) in [5, 5.41) is 3.26. The van der Waals surface area contributed by atoms with E-state index in [2.05, 4.69) is 98.0 Å². The van der Waals surface area contributed by atoms with Crippen molar-refractivity contribution >= 4 is 45.0 Å². The molecule has 0 amide bonds. The zero-order valence-electron chi connectivity index (χ0n) is 23.2. The summed E-state index contributed by atoms with van der Waals surface area (Å²) < 4.78 is 4.53. The normalized spacial score (nSPS) is 11.8. The third-order valence-corrected chi connectivity index (χ3v) is 7.89. The highest BCUT2D eigenvalue weighted by molar-refractivity contribution is 6.08. The maximum Gasteiger partial charge on any atom is 0.0572 e. The average Bonchev–Trinajstić information content (AvgIpc) is 3.50. The van der Waals surface area contributed by atoms with Crippen molar-refractivity contribution in [3.8, 4) is 22.5 Å². The molecule has 6 heteroatoms. The lowest BCUT2D eigenvalue weighted by Gasteiger charge is -2.16. The first-order chi connectivity index (χ1) is 20.1. The van der Waals surface area contributed by atoms with Gasteiger partial charge < -0.3 is 9.13 Å². The van der Waals surface area contributed by atoms with E-state index in [4.69, 9.17) is 0 Å². The van der Waals surface area contributed by atoms with E-state index < -0.39 is 0 Å². The molecule has 0 bridgehead atoms. The summed E-state index contributed by atoms with van der Waals surface area (Å²) in [6.45, 7) is 8.47. The Balaban J connectivity index is 1.34. The van der Waals surface area contributed by atoms with Crippen molar-refractivity contribution in [2.45, 2.75) is 13.8 Å². The molecule has 2 aromatic carbocycles. The Bertz CT molecular complexity index is 2110. The quantitative estimate of drug-likeness (QED) is 0.212. The van der Waals surface area contributed by atoms with Gasteiger partial charge >= 0.3 is 0 Å². The van der Waals surface area contributed by atoms with Crippen LogP contribution in [0.4, 0.5) is 0 Å². The highest BCUT2D eigenvalue weighted by Crippen LogP contribution is 2.35. The molecule has 0 N–H and O–H groups in total. The first kappa shape index (κ1) is 24.7. The van der Waals surface area contributed by atoms with Crippen LogP contribution in [0.3, 0.4) is 0 Å². The van der Waals surface area contributed by atoms with E-state index in [9.17, 15) is 0 Å². The van der Waals surface area contributed by atoms with Gasteiger partial charge in [0.05, 0.1) is 22.2 Å². The van der Waals surface area contributed by atoms with Crippen LogP contribution in [-0.2, 0) is 0 Å².